The summed E-state index contributed by atoms with van der Waals surface area (Å²) in [7, 11) is 0. The number of hydrogen-bond acceptors (Lipinski definition) is 2. The number of amides is 1. The first-order valence-corrected chi connectivity index (χ1v) is 5.17. The Bertz CT molecular complexity index is 435. The van der Waals surface area contributed by atoms with Crippen LogP contribution in [0.4, 0.5) is 0 Å². The lowest BCUT2D eigenvalue weighted by Crippen LogP contribution is -2.42. The van der Waals surface area contributed by atoms with Gasteiger partial charge < -0.3 is 5.32 Å². The molecule has 3 heteroatoms. The standard InChI is InChI=1S/C13H16N2O/c1-9-6-5-7-10(2)11(9)12(16)15-13(3,4)8-14/h5-7H,1-4H3,(H,15,16). The van der Waals surface area contributed by atoms with Gasteiger partial charge in [-0.15, -0.1) is 0 Å². The highest BCUT2D eigenvalue weighted by Gasteiger charge is 2.21. The highest BCUT2D eigenvalue weighted by molar-refractivity contribution is 5.97. The van der Waals surface area contributed by atoms with E-state index in [0.717, 1.165) is 11.1 Å². The van der Waals surface area contributed by atoms with Crippen molar-refractivity contribution in [2.45, 2.75) is 33.2 Å². The van der Waals surface area contributed by atoms with E-state index in [9.17, 15) is 4.79 Å². The molecule has 0 bridgehead atoms. The maximum atomic E-state index is 12.0. The predicted molar refractivity (Wildman–Crippen MR) is 63.1 cm³/mol. The van der Waals surface area contributed by atoms with Gasteiger partial charge >= 0.3 is 0 Å². The molecule has 0 heterocycles. The van der Waals surface area contributed by atoms with Crippen molar-refractivity contribution in [3.63, 3.8) is 0 Å². The highest BCUT2D eigenvalue weighted by atomic mass is 16.1. The number of aryl methyl sites for hydroxylation is 2. The molecule has 3 nitrogen and oxygen atoms in total. The van der Waals surface area contributed by atoms with Crippen LogP contribution in [0.2, 0.25) is 0 Å². The van der Waals surface area contributed by atoms with Crippen LogP contribution in [0.25, 0.3) is 0 Å². The number of hydrogen-bond donors (Lipinski definition) is 1. The molecule has 0 aliphatic rings. The highest BCUT2D eigenvalue weighted by Crippen LogP contribution is 2.14. The van der Waals surface area contributed by atoms with Gasteiger partial charge in [0, 0.05) is 5.56 Å². The molecule has 1 amide bonds. The zero-order valence-electron chi connectivity index (χ0n) is 10.1. The molecular formula is C13H16N2O. The van der Waals surface area contributed by atoms with Crippen LogP contribution in [0.1, 0.15) is 35.3 Å². The van der Waals surface area contributed by atoms with Gasteiger partial charge in [0.05, 0.1) is 6.07 Å². The molecular weight excluding hydrogens is 200 g/mol. The molecule has 1 rings (SSSR count). The number of nitrogens with one attached hydrogen (secondary N) is 1. The molecule has 0 aliphatic heterocycles. The van der Waals surface area contributed by atoms with Crippen LogP contribution >= 0.6 is 0 Å². The number of carbonyl (C=O) groups is 1. The van der Waals surface area contributed by atoms with E-state index in [1.54, 1.807) is 13.8 Å². The van der Waals surface area contributed by atoms with Crippen LogP contribution in [-0.2, 0) is 0 Å². The van der Waals surface area contributed by atoms with E-state index in [4.69, 9.17) is 5.26 Å². The zero-order chi connectivity index (χ0) is 12.3. The average Bonchev–Trinajstić information content (AvgIpc) is 2.16. The van der Waals surface area contributed by atoms with Gasteiger partial charge in [-0.05, 0) is 38.8 Å². The van der Waals surface area contributed by atoms with Gasteiger partial charge in [0.2, 0.25) is 0 Å². The normalized spacial score (nSPS) is 10.7. The molecule has 0 atom stereocenters. The molecule has 1 aromatic rings. The summed E-state index contributed by atoms with van der Waals surface area (Å²) < 4.78 is 0. The largest absolute Gasteiger partial charge is 0.334 e. The minimum Gasteiger partial charge on any atom is -0.334 e. The quantitative estimate of drug-likeness (QED) is 0.824. The van der Waals surface area contributed by atoms with Gasteiger partial charge in [-0.25, -0.2) is 0 Å². The van der Waals surface area contributed by atoms with E-state index in [0.29, 0.717) is 5.56 Å². The first-order valence-electron chi connectivity index (χ1n) is 5.17. The van der Waals surface area contributed by atoms with E-state index in [1.165, 1.54) is 0 Å². The Hall–Kier alpha value is -1.82. The van der Waals surface area contributed by atoms with Crippen LogP contribution in [0.15, 0.2) is 18.2 Å². The summed E-state index contributed by atoms with van der Waals surface area (Å²) in [5, 5.41) is 11.6. The first kappa shape index (κ1) is 12.3. The van der Waals surface area contributed by atoms with Gasteiger partial charge in [-0.3, -0.25) is 4.79 Å². The number of rotatable bonds is 2. The zero-order valence-corrected chi connectivity index (χ0v) is 10.1. The van der Waals surface area contributed by atoms with Crippen LogP contribution in [0.3, 0.4) is 0 Å². The molecule has 0 aromatic heterocycles. The smallest absolute Gasteiger partial charge is 0.253 e. The number of nitrogens with zero attached hydrogens (tertiary/aromatic N) is 1. The number of benzene rings is 1. The van der Waals surface area contributed by atoms with Gasteiger partial charge in [0.25, 0.3) is 5.91 Å². The van der Waals surface area contributed by atoms with Crippen LogP contribution in [0, 0.1) is 25.2 Å². The summed E-state index contributed by atoms with van der Waals surface area (Å²) in [5.74, 6) is -0.192. The van der Waals surface area contributed by atoms with Crippen molar-refractivity contribution in [2.75, 3.05) is 0 Å². The average molecular weight is 216 g/mol. The van der Waals surface area contributed by atoms with E-state index in [1.807, 2.05) is 38.1 Å². The van der Waals surface area contributed by atoms with Gasteiger partial charge in [0.1, 0.15) is 5.54 Å². The molecule has 16 heavy (non-hydrogen) atoms. The summed E-state index contributed by atoms with van der Waals surface area (Å²) in [6.07, 6.45) is 0. The lowest BCUT2D eigenvalue weighted by atomic mass is 10.0. The van der Waals surface area contributed by atoms with Crippen LogP contribution in [0.5, 0.6) is 0 Å². The fourth-order valence-electron chi connectivity index (χ4n) is 1.55. The second kappa shape index (κ2) is 4.36. The molecule has 0 saturated carbocycles. The Morgan fingerprint density at radius 3 is 2.25 bits per heavy atom. The molecule has 1 N–H and O–H groups in total. The van der Waals surface area contributed by atoms with E-state index in [-0.39, 0.29) is 5.91 Å². The third-order valence-corrected chi connectivity index (χ3v) is 2.41. The van der Waals surface area contributed by atoms with Crippen molar-refractivity contribution in [1.29, 1.82) is 5.26 Å². The maximum absolute atomic E-state index is 12.0. The molecule has 0 aliphatic carbocycles. The third kappa shape index (κ3) is 2.60. The second-order valence-corrected chi connectivity index (χ2v) is 4.46. The fraction of sp³-hybridized carbons (Fsp3) is 0.385. The van der Waals surface area contributed by atoms with Crippen molar-refractivity contribution in [1.82, 2.24) is 5.32 Å². The fourth-order valence-corrected chi connectivity index (χ4v) is 1.55. The summed E-state index contributed by atoms with van der Waals surface area (Å²) in [5.41, 5.74) is 1.66. The SMILES string of the molecule is Cc1cccc(C)c1C(=O)NC(C)(C)C#N. The Morgan fingerprint density at radius 2 is 1.81 bits per heavy atom. The first-order chi connectivity index (χ1) is 7.37. The Balaban J connectivity index is 3.04. The Labute approximate surface area is 96.1 Å². The summed E-state index contributed by atoms with van der Waals surface area (Å²) in [4.78, 5) is 12.0. The second-order valence-electron chi connectivity index (χ2n) is 4.46. The molecule has 84 valence electrons. The Morgan fingerprint density at radius 1 is 1.31 bits per heavy atom. The van der Waals surface area contributed by atoms with Crippen molar-refractivity contribution in [2.24, 2.45) is 0 Å². The predicted octanol–water partition coefficient (Wildman–Crippen LogP) is 2.34. The number of carbonyl (C=O) groups excluding carboxylic acids is 1. The van der Waals surface area contributed by atoms with Crippen molar-refractivity contribution in [3.8, 4) is 6.07 Å². The summed E-state index contributed by atoms with van der Waals surface area (Å²) in [6.45, 7) is 7.14. The molecule has 0 radical (unpaired) electrons. The van der Waals surface area contributed by atoms with E-state index in [2.05, 4.69) is 5.32 Å². The third-order valence-electron chi connectivity index (χ3n) is 2.41. The molecule has 0 saturated heterocycles. The monoisotopic (exact) mass is 216 g/mol. The number of nitriles is 1. The minimum atomic E-state index is -0.841. The van der Waals surface area contributed by atoms with Gasteiger partial charge in [0.15, 0.2) is 0 Å². The summed E-state index contributed by atoms with van der Waals surface area (Å²) >= 11 is 0. The Kier molecular flexibility index (Phi) is 3.34. The van der Waals surface area contributed by atoms with E-state index >= 15 is 0 Å². The van der Waals surface area contributed by atoms with Crippen molar-refractivity contribution >= 4 is 5.91 Å². The van der Waals surface area contributed by atoms with Gasteiger partial charge in [-0.1, -0.05) is 18.2 Å². The van der Waals surface area contributed by atoms with Gasteiger partial charge in [-0.2, -0.15) is 5.26 Å². The lowest BCUT2D eigenvalue weighted by molar-refractivity contribution is 0.0928. The molecule has 0 unspecified atom stereocenters. The molecule has 1 aromatic carbocycles. The topological polar surface area (TPSA) is 52.9 Å². The molecule has 0 spiro atoms. The van der Waals surface area contributed by atoms with Crippen LogP contribution in [-0.4, -0.2) is 11.4 Å². The minimum absolute atomic E-state index is 0.192. The van der Waals surface area contributed by atoms with Crippen molar-refractivity contribution < 1.29 is 4.79 Å². The summed E-state index contributed by atoms with van der Waals surface area (Å²) in [6, 6.07) is 7.74. The van der Waals surface area contributed by atoms with Crippen molar-refractivity contribution in [3.05, 3.63) is 34.9 Å². The van der Waals surface area contributed by atoms with Crippen LogP contribution < -0.4 is 5.32 Å². The lowest BCUT2D eigenvalue weighted by Gasteiger charge is -2.19. The van der Waals surface area contributed by atoms with E-state index < -0.39 is 5.54 Å². The molecule has 0 fully saturated rings. The maximum Gasteiger partial charge on any atom is 0.253 e.